The molecule has 0 aliphatic carbocycles. The van der Waals surface area contributed by atoms with Crippen LogP contribution >= 0.6 is 0 Å². The molecular weight excluding hydrogens is 536 g/mol. The van der Waals surface area contributed by atoms with Crippen molar-refractivity contribution in [1.29, 1.82) is 0 Å². The van der Waals surface area contributed by atoms with Crippen LogP contribution in [0.3, 0.4) is 0 Å². The Bertz CT molecular complexity index is 2500. The van der Waals surface area contributed by atoms with Crippen LogP contribution in [0.15, 0.2) is 156 Å². The lowest BCUT2D eigenvalue weighted by Crippen LogP contribution is -1.92. The highest BCUT2D eigenvalue weighted by Gasteiger charge is 2.20. The molecular formula is C42H26O2. The standard InChI is InChI=1S/C42H26O2/c43-37-19-10-13-27-21-22-28(23-35(27)37)40-30-14-4-6-16-32(30)41(33-17-7-5-15-31(33)40)29-24-36(26-11-2-1-3-12-26)42-34-18-8-9-20-38(34)44-39(42)25-29/h1-25,43H. The van der Waals surface area contributed by atoms with Gasteiger partial charge in [-0.05, 0) is 90.6 Å². The Balaban J connectivity index is 1.41. The summed E-state index contributed by atoms with van der Waals surface area (Å²) >= 11 is 0. The molecule has 206 valence electrons. The van der Waals surface area contributed by atoms with E-state index in [-0.39, 0.29) is 0 Å². The molecule has 9 aromatic rings. The van der Waals surface area contributed by atoms with E-state index < -0.39 is 0 Å². The third-order valence-corrected chi connectivity index (χ3v) is 8.93. The molecule has 1 heterocycles. The van der Waals surface area contributed by atoms with Gasteiger partial charge in [-0.2, -0.15) is 0 Å². The minimum atomic E-state index is 0.294. The highest BCUT2D eigenvalue weighted by atomic mass is 16.3. The van der Waals surface area contributed by atoms with Crippen LogP contribution in [0.25, 0.3) is 87.6 Å². The van der Waals surface area contributed by atoms with E-state index in [1.807, 2.05) is 24.3 Å². The van der Waals surface area contributed by atoms with Gasteiger partial charge >= 0.3 is 0 Å². The lowest BCUT2D eigenvalue weighted by atomic mass is 9.84. The summed E-state index contributed by atoms with van der Waals surface area (Å²) in [5.41, 5.74) is 8.63. The topological polar surface area (TPSA) is 33.4 Å². The number of hydrogen-bond acceptors (Lipinski definition) is 2. The highest BCUT2D eigenvalue weighted by Crippen LogP contribution is 2.47. The number of furan rings is 1. The number of fused-ring (bicyclic) bond motifs is 6. The number of aromatic hydroxyl groups is 1. The Kier molecular flexibility index (Phi) is 5.38. The lowest BCUT2D eigenvalue weighted by molar-refractivity contribution is 0.481. The van der Waals surface area contributed by atoms with E-state index >= 15 is 0 Å². The van der Waals surface area contributed by atoms with Gasteiger partial charge in [0.2, 0.25) is 0 Å². The van der Waals surface area contributed by atoms with Gasteiger partial charge in [0.15, 0.2) is 0 Å². The van der Waals surface area contributed by atoms with Crippen molar-refractivity contribution in [3.63, 3.8) is 0 Å². The van der Waals surface area contributed by atoms with E-state index in [0.29, 0.717) is 5.75 Å². The third kappa shape index (κ3) is 3.68. The van der Waals surface area contributed by atoms with Crippen LogP contribution in [0.5, 0.6) is 5.75 Å². The van der Waals surface area contributed by atoms with Crippen LogP contribution in [0.1, 0.15) is 0 Å². The number of benzene rings is 8. The Morgan fingerprint density at radius 1 is 0.386 bits per heavy atom. The summed E-state index contributed by atoms with van der Waals surface area (Å²) in [6.45, 7) is 0. The van der Waals surface area contributed by atoms with Gasteiger partial charge in [-0.15, -0.1) is 0 Å². The summed E-state index contributed by atoms with van der Waals surface area (Å²) in [5.74, 6) is 0.294. The Labute approximate surface area is 254 Å². The van der Waals surface area contributed by atoms with Crippen molar-refractivity contribution in [1.82, 2.24) is 0 Å². The van der Waals surface area contributed by atoms with Gasteiger partial charge in [0.25, 0.3) is 0 Å². The maximum atomic E-state index is 10.7. The monoisotopic (exact) mass is 562 g/mol. The van der Waals surface area contributed by atoms with E-state index in [9.17, 15) is 5.11 Å². The molecule has 0 saturated heterocycles. The number of hydrogen-bond donors (Lipinski definition) is 1. The van der Waals surface area contributed by atoms with Crippen molar-refractivity contribution >= 4 is 54.3 Å². The van der Waals surface area contributed by atoms with Crippen LogP contribution in [0, 0.1) is 0 Å². The zero-order chi connectivity index (χ0) is 29.2. The van der Waals surface area contributed by atoms with Gasteiger partial charge in [0.1, 0.15) is 16.9 Å². The van der Waals surface area contributed by atoms with Gasteiger partial charge in [-0.3, -0.25) is 0 Å². The third-order valence-electron chi connectivity index (χ3n) is 8.93. The van der Waals surface area contributed by atoms with E-state index in [0.717, 1.165) is 55.0 Å². The first-order valence-electron chi connectivity index (χ1n) is 14.9. The summed E-state index contributed by atoms with van der Waals surface area (Å²) in [6, 6.07) is 52.9. The van der Waals surface area contributed by atoms with Crippen LogP contribution in [-0.2, 0) is 0 Å². The quantitative estimate of drug-likeness (QED) is 0.217. The first kappa shape index (κ1) is 24.7. The molecule has 0 aliphatic rings. The van der Waals surface area contributed by atoms with Crippen molar-refractivity contribution in [2.45, 2.75) is 0 Å². The summed E-state index contributed by atoms with van der Waals surface area (Å²) in [7, 11) is 0. The van der Waals surface area contributed by atoms with Crippen molar-refractivity contribution in [3.8, 4) is 39.1 Å². The highest BCUT2D eigenvalue weighted by molar-refractivity contribution is 6.23. The molecule has 2 heteroatoms. The molecule has 1 aromatic heterocycles. The van der Waals surface area contributed by atoms with Gasteiger partial charge in [0, 0.05) is 16.2 Å². The molecule has 0 bridgehead atoms. The average molecular weight is 563 g/mol. The zero-order valence-electron chi connectivity index (χ0n) is 23.8. The lowest BCUT2D eigenvalue weighted by Gasteiger charge is -2.19. The fourth-order valence-corrected chi connectivity index (χ4v) is 7.01. The number of phenolic OH excluding ortho intramolecular Hbond substituents is 1. The minimum Gasteiger partial charge on any atom is -0.507 e. The molecule has 0 spiro atoms. The van der Waals surface area contributed by atoms with Crippen molar-refractivity contribution in [3.05, 3.63) is 152 Å². The second-order valence-electron chi connectivity index (χ2n) is 11.4. The molecule has 2 nitrogen and oxygen atoms in total. The maximum Gasteiger partial charge on any atom is 0.136 e. The molecule has 44 heavy (non-hydrogen) atoms. The van der Waals surface area contributed by atoms with E-state index in [2.05, 4.69) is 121 Å². The maximum absolute atomic E-state index is 10.7. The van der Waals surface area contributed by atoms with Gasteiger partial charge in [-0.25, -0.2) is 0 Å². The van der Waals surface area contributed by atoms with Crippen molar-refractivity contribution in [2.75, 3.05) is 0 Å². The van der Waals surface area contributed by atoms with Crippen LogP contribution < -0.4 is 0 Å². The SMILES string of the molecule is Oc1cccc2ccc(-c3c4ccccc4c(-c4cc(-c5ccccc5)c5c(c4)oc4ccccc45)c4ccccc34)cc12. The molecule has 0 atom stereocenters. The normalized spacial score (nSPS) is 11.7. The van der Waals surface area contributed by atoms with Crippen LogP contribution in [0.4, 0.5) is 0 Å². The molecule has 9 rings (SSSR count). The van der Waals surface area contributed by atoms with Crippen molar-refractivity contribution < 1.29 is 9.52 Å². The molecule has 0 fully saturated rings. The Hall–Kier alpha value is -5.86. The molecule has 0 amide bonds. The molecule has 0 aliphatic heterocycles. The van der Waals surface area contributed by atoms with Crippen molar-refractivity contribution in [2.24, 2.45) is 0 Å². The van der Waals surface area contributed by atoms with E-state index in [1.165, 1.54) is 32.7 Å². The van der Waals surface area contributed by atoms with Crippen LogP contribution in [0.2, 0.25) is 0 Å². The second kappa shape index (κ2) is 9.58. The zero-order valence-corrected chi connectivity index (χ0v) is 23.8. The second-order valence-corrected chi connectivity index (χ2v) is 11.4. The summed E-state index contributed by atoms with van der Waals surface area (Å²) in [4.78, 5) is 0. The predicted molar refractivity (Wildman–Crippen MR) is 184 cm³/mol. The summed E-state index contributed by atoms with van der Waals surface area (Å²) in [6.07, 6.45) is 0. The average Bonchev–Trinajstić information content (AvgIpc) is 3.46. The number of para-hydroxylation sites is 1. The number of rotatable bonds is 3. The summed E-state index contributed by atoms with van der Waals surface area (Å²) in [5, 5.41) is 19.5. The Morgan fingerprint density at radius 3 is 1.70 bits per heavy atom. The number of phenols is 1. The molecule has 0 unspecified atom stereocenters. The fraction of sp³-hybridized carbons (Fsp3) is 0. The Morgan fingerprint density at radius 2 is 1.00 bits per heavy atom. The summed E-state index contributed by atoms with van der Waals surface area (Å²) < 4.78 is 6.52. The van der Waals surface area contributed by atoms with Gasteiger partial charge in [-0.1, -0.05) is 121 Å². The first-order chi connectivity index (χ1) is 21.7. The van der Waals surface area contributed by atoms with E-state index in [1.54, 1.807) is 6.07 Å². The molecule has 8 aromatic carbocycles. The van der Waals surface area contributed by atoms with E-state index in [4.69, 9.17) is 4.42 Å². The largest absolute Gasteiger partial charge is 0.507 e. The fourth-order valence-electron chi connectivity index (χ4n) is 7.01. The minimum absolute atomic E-state index is 0.294. The molecule has 0 saturated carbocycles. The smallest absolute Gasteiger partial charge is 0.136 e. The molecule has 0 radical (unpaired) electrons. The molecule has 1 N–H and O–H groups in total. The van der Waals surface area contributed by atoms with Gasteiger partial charge in [0.05, 0.1) is 0 Å². The van der Waals surface area contributed by atoms with Gasteiger partial charge < -0.3 is 9.52 Å². The van der Waals surface area contributed by atoms with Crippen LogP contribution in [-0.4, -0.2) is 5.11 Å². The predicted octanol–water partition coefficient (Wildman–Crippen LogP) is 11.8. The first-order valence-corrected chi connectivity index (χ1v) is 14.9.